The molecule has 0 radical (unpaired) electrons. The molecule has 0 spiro atoms. The van der Waals surface area contributed by atoms with E-state index in [4.69, 9.17) is 80.1 Å². The molecule has 2 amide bonds. The third-order valence-electron chi connectivity index (χ3n) is 1.79. The normalized spacial score (nSPS) is 27.3. The number of nitrogens with zero attached hydrogens (tertiary/aromatic N) is 2. The molecule has 1 heterocycles. The van der Waals surface area contributed by atoms with Crippen molar-refractivity contribution in [3.8, 4) is 0 Å². The van der Waals surface area contributed by atoms with Crippen LogP contribution in [0.5, 0.6) is 0 Å². The van der Waals surface area contributed by atoms with Crippen molar-refractivity contribution in [3.05, 3.63) is 0 Å². The summed E-state index contributed by atoms with van der Waals surface area (Å²) in [4.78, 5) is 6.05. The monoisotopic (exact) mass is 372 g/mol. The van der Waals surface area contributed by atoms with E-state index in [1.807, 2.05) is 0 Å². The van der Waals surface area contributed by atoms with E-state index in [0.29, 0.717) is 4.67 Å². The maximum atomic E-state index is 11.5. The molecule has 1 fully saturated rings. The fraction of sp³-hybridized carbons (Fsp3) is 0.750. The van der Waals surface area contributed by atoms with Crippen LogP contribution in [-0.4, -0.2) is 31.7 Å². The number of urea groups is 1. The van der Waals surface area contributed by atoms with Gasteiger partial charge < -0.3 is 0 Å². The fourth-order valence-electron chi connectivity index (χ4n) is 0.935. The Bertz CT molecular complexity index is 312. The predicted octanol–water partition coefficient (Wildman–Crippen LogP) is 5.13. The summed E-state index contributed by atoms with van der Waals surface area (Å²) in [7, 11) is 1.32. The van der Waals surface area contributed by atoms with Crippen LogP contribution in [0.2, 0.25) is 0 Å². The molecule has 15 heavy (non-hydrogen) atoms. The van der Waals surface area contributed by atoms with Crippen molar-refractivity contribution < 1.29 is 4.79 Å². The summed E-state index contributed by atoms with van der Waals surface area (Å²) < 4.78 is -0.335. The zero-order chi connectivity index (χ0) is 12.3. The van der Waals surface area contributed by atoms with Gasteiger partial charge in [-0.1, -0.05) is 0 Å². The van der Waals surface area contributed by atoms with Gasteiger partial charge in [-0.2, -0.15) is 0 Å². The molecule has 0 unspecified atom stereocenters. The standard InChI is InChI=1S/C4H4Cl7N2OP/c1-12-3(14)13(15(12,9,10)11)4(7,8)2(5)6/h2H,1H3. The molecule has 1 saturated heterocycles. The van der Waals surface area contributed by atoms with Crippen LogP contribution in [0.3, 0.4) is 0 Å². The molecule has 0 aromatic carbocycles. The van der Waals surface area contributed by atoms with Gasteiger partial charge in [0.2, 0.25) is 0 Å². The first-order valence-corrected chi connectivity index (χ1v) is 9.82. The Morgan fingerprint density at radius 1 is 1.27 bits per heavy atom. The average Bonchev–Trinajstić information content (AvgIpc) is 2.00. The number of hydrogen-bond donors (Lipinski definition) is 0. The molecule has 1 aliphatic heterocycles. The van der Waals surface area contributed by atoms with Gasteiger partial charge in [0.15, 0.2) is 0 Å². The molecule has 0 bridgehead atoms. The molecule has 3 nitrogen and oxygen atoms in total. The SMILES string of the molecule is CN1C(=O)N(C(Cl)(Cl)C(Cl)Cl)P1(Cl)(Cl)Cl. The number of amides is 2. The first kappa shape index (κ1) is 14.8. The third kappa shape index (κ3) is 2.08. The van der Waals surface area contributed by atoms with Gasteiger partial charge in [0.05, 0.1) is 0 Å². The van der Waals surface area contributed by atoms with Crippen molar-refractivity contribution in [2.24, 2.45) is 0 Å². The number of rotatable bonds is 2. The van der Waals surface area contributed by atoms with Crippen LogP contribution in [-0.2, 0) is 0 Å². The van der Waals surface area contributed by atoms with E-state index < -0.39 is 20.3 Å². The first-order valence-electron chi connectivity index (χ1n) is 3.33. The van der Waals surface area contributed by atoms with E-state index in [2.05, 4.69) is 0 Å². The van der Waals surface area contributed by atoms with Gasteiger partial charge in [-0.05, 0) is 0 Å². The van der Waals surface area contributed by atoms with Crippen molar-refractivity contribution in [1.29, 1.82) is 0 Å². The summed E-state index contributed by atoms with van der Waals surface area (Å²) in [5.41, 5.74) is 0. The molecule has 0 atom stereocenters. The number of carbonyl (C=O) groups excluding carboxylic acids is 1. The quantitative estimate of drug-likeness (QED) is 0.373. The van der Waals surface area contributed by atoms with Crippen molar-refractivity contribution in [2.75, 3.05) is 7.05 Å². The van der Waals surface area contributed by atoms with Crippen molar-refractivity contribution >= 4 is 91.1 Å². The van der Waals surface area contributed by atoms with Gasteiger partial charge in [-0.3, -0.25) is 0 Å². The van der Waals surface area contributed by atoms with Crippen LogP contribution in [0.4, 0.5) is 4.79 Å². The Morgan fingerprint density at radius 2 is 1.67 bits per heavy atom. The van der Waals surface area contributed by atoms with Crippen LogP contribution >= 0.6 is 85.1 Å². The first-order chi connectivity index (χ1) is 6.41. The van der Waals surface area contributed by atoms with Gasteiger partial charge in [-0.25, -0.2) is 0 Å². The molecular formula is C4H4Cl7N2OP. The van der Waals surface area contributed by atoms with Crippen LogP contribution in [0.25, 0.3) is 0 Å². The Balaban J connectivity index is 3.14. The minimum atomic E-state index is -4.12. The van der Waals surface area contributed by atoms with E-state index in [-0.39, 0.29) is 0 Å². The van der Waals surface area contributed by atoms with Gasteiger partial charge in [0.1, 0.15) is 0 Å². The molecule has 11 heteroatoms. The predicted molar refractivity (Wildman–Crippen MR) is 69.4 cm³/mol. The van der Waals surface area contributed by atoms with Crippen molar-refractivity contribution in [3.63, 3.8) is 0 Å². The summed E-state index contributed by atoms with van der Waals surface area (Å²) in [5, 5.41) is 0. The Hall–Kier alpha value is 1.73. The zero-order valence-electron chi connectivity index (χ0n) is 6.97. The van der Waals surface area contributed by atoms with Gasteiger partial charge in [-0.15, -0.1) is 0 Å². The molecule has 90 valence electrons. The Kier molecular flexibility index (Phi) is 3.81. The second kappa shape index (κ2) is 3.86. The second-order valence-electron chi connectivity index (χ2n) is 2.74. The topological polar surface area (TPSA) is 23.6 Å². The van der Waals surface area contributed by atoms with E-state index in [1.54, 1.807) is 0 Å². The number of carbonyl (C=O) groups is 1. The van der Waals surface area contributed by atoms with Gasteiger partial charge >= 0.3 is 122 Å². The van der Waals surface area contributed by atoms with Gasteiger partial charge in [0, 0.05) is 0 Å². The van der Waals surface area contributed by atoms with Crippen molar-refractivity contribution in [2.45, 2.75) is 9.29 Å². The second-order valence-corrected chi connectivity index (χ2v) is 15.0. The van der Waals surface area contributed by atoms with Crippen LogP contribution in [0.1, 0.15) is 0 Å². The summed E-state index contributed by atoms with van der Waals surface area (Å²) in [5.74, 6) is 0. The van der Waals surface area contributed by atoms with Gasteiger partial charge in [0.25, 0.3) is 0 Å². The molecule has 1 aliphatic rings. The summed E-state index contributed by atoms with van der Waals surface area (Å²) >= 11 is 40.3. The van der Waals surface area contributed by atoms with E-state index in [0.717, 1.165) is 4.67 Å². The van der Waals surface area contributed by atoms with Crippen LogP contribution in [0, 0.1) is 0 Å². The summed E-state index contributed by atoms with van der Waals surface area (Å²) in [6, 6.07) is -0.649. The Labute approximate surface area is 121 Å². The molecular weight excluding hydrogens is 371 g/mol. The third-order valence-corrected chi connectivity index (χ3v) is 9.52. The Morgan fingerprint density at radius 3 is 1.93 bits per heavy atom. The molecule has 1 rings (SSSR count). The number of halogens is 7. The zero-order valence-corrected chi connectivity index (χ0v) is 13.2. The molecule has 0 aliphatic carbocycles. The van der Waals surface area contributed by atoms with E-state index in [1.165, 1.54) is 7.05 Å². The molecule has 0 saturated carbocycles. The average molecular weight is 375 g/mol. The molecule has 0 N–H and O–H groups in total. The molecule has 0 aromatic rings. The number of hydrogen-bond acceptors (Lipinski definition) is 1. The number of alkyl halides is 4. The molecule has 0 aromatic heterocycles. The van der Waals surface area contributed by atoms with E-state index in [9.17, 15) is 4.79 Å². The van der Waals surface area contributed by atoms with Crippen molar-refractivity contribution in [1.82, 2.24) is 9.34 Å². The van der Waals surface area contributed by atoms with E-state index >= 15 is 0 Å². The summed E-state index contributed by atoms with van der Waals surface area (Å²) in [6.07, 6.45) is 0. The fourth-order valence-corrected chi connectivity index (χ4v) is 6.67. The maximum absolute atomic E-state index is 11.5. The summed E-state index contributed by atoms with van der Waals surface area (Å²) in [6.45, 7) is 0. The van der Waals surface area contributed by atoms with Crippen LogP contribution < -0.4 is 0 Å². The van der Waals surface area contributed by atoms with Crippen LogP contribution in [0.15, 0.2) is 0 Å². The minimum absolute atomic E-state index is 0.649.